The van der Waals surface area contributed by atoms with E-state index in [0.717, 1.165) is 30.8 Å². The van der Waals surface area contributed by atoms with Crippen molar-refractivity contribution >= 4 is 18.3 Å². The Morgan fingerprint density at radius 1 is 1.35 bits per heavy atom. The van der Waals surface area contributed by atoms with Crippen molar-refractivity contribution in [3.05, 3.63) is 29.8 Å². The number of hydrogen-bond acceptors (Lipinski definition) is 3. The molecule has 1 heterocycles. The van der Waals surface area contributed by atoms with Gasteiger partial charge in [-0.2, -0.15) is 0 Å². The first-order valence-corrected chi connectivity index (χ1v) is 8.10. The van der Waals surface area contributed by atoms with Crippen LogP contribution in [0.15, 0.2) is 24.3 Å². The summed E-state index contributed by atoms with van der Waals surface area (Å²) in [6.45, 7) is 10.5. The van der Waals surface area contributed by atoms with Crippen molar-refractivity contribution in [2.24, 2.45) is 5.92 Å². The quantitative estimate of drug-likeness (QED) is 0.886. The molecule has 0 saturated carbocycles. The van der Waals surface area contributed by atoms with Crippen molar-refractivity contribution < 1.29 is 9.53 Å². The van der Waals surface area contributed by atoms with Crippen LogP contribution >= 0.6 is 12.4 Å². The van der Waals surface area contributed by atoms with E-state index in [9.17, 15) is 4.79 Å². The average Bonchev–Trinajstić information content (AvgIpc) is 2.47. The zero-order valence-electron chi connectivity index (χ0n) is 14.5. The van der Waals surface area contributed by atoms with Gasteiger partial charge in [0.2, 0.25) is 0 Å². The van der Waals surface area contributed by atoms with Crippen LogP contribution in [0.25, 0.3) is 0 Å². The lowest BCUT2D eigenvalue weighted by atomic mass is 9.86. The molecule has 0 aliphatic carbocycles. The normalized spacial score (nSPS) is 21.2. The van der Waals surface area contributed by atoms with E-state index < -0.39 is 0 Å². The van der Waals surface area contributed by atoms with Crippen molar-refractivity contribution in [3.8, 4) is 5.75 Å². The molecular formula is C18H29ClN2O2. The van der Waals surface area contributed by atoms with Crippen LogP contribution in [-0.2, 0) is 10.2 Å². The Balaban J connectivity index is 0.00000264. The molecule has 2 N–H and O–H groups in total. The monoisotopic (exact) mass is 340 g/mol. The minimum Gasteiger partial charge on any atom is -0.483 e. The van der Waals surface area contributed by atoms with Crippen molar-refractivity contribution in [3.63, 3.8) is 0 Å². The van der Waals surface area contributed by atoms with Crippen LogP contribution < -0.4 is 15.4 Å². The molecule has 1 fully saturated rings. The van der Waals surface area contributed by atoms with Gasteiger partial charge in [-0.25, -0.2) is 0 Å². The summed E-state index contributed by atoms with van der Waals surface area (Å²) in [7, 11) is 0. The van der Waals surface area contributed by atoms with E-state index in [2.05, 4.69) is 44.4 Å². The first-order valence-electron chi connectivity index (χ1n) is 8.10. The summed E-state index contributed by atoms with van der Waals surface area (Å²) < 4.78 is 5.77. The van der Waals surface area contributed by atoms with Crippen LogP contribution in [0.1, 0.15) is 39.7 Å². The maximum Gasteiger partial charge on any atom is 0.258 e. The number of ether oxygens (including phenoxy) is 1. The maximum atomic E-state index is 12.1. The van der Waals surface area contributed by atoms with Crippen molar-refractivity contribution in [2.45, 2.75) is 45.6 Å². The third-order valence-corrected chi connectivity index (χ3v) is 4.23. The zero-order chi connectivity index (χ0) is 16.2. The van der Waals surface area contributed by atoms with Crippen LogP contribution in [0.4, 0.5) is 0 Å². The molecule has 0 aromatic heterocycles. The van der Waals surface area contributed by atoms with Gasteiger partial charge in [0, 0.05) is 12.6 Å². The summed E-state index contributed by atoms with van der Waals surface area (Å²) in [4.78, 5) is 12.1. The topological polar surface area (TPSA) is 50.4 Å². The second-order valence-electron chi connectivity index (χ2n) is 7.18. The van der Waals surface area contributed by atoms with Gasteiger partial charge in [0.25, 0.3) is 5.91 Å². The predicted octanol–water partition coefficient (Wildman–Crippen LogP) is 2.90. The van der Waals surface area contributed by atoms with Gasteiger partial charge in [0.15, 0.2) is 6.61 Å². The van der Waals surface area contributed by atoms with E-state index in [4.69, 9.17) is 4.74 Å². The number of para-hydroxylation sites is 1. The third-order valence-electron chi connectivity index (χ3n) is 4.23. The minimum atomic E-state index is -0.0516. The van der Waals surface area contributed by atoms with Gasteiger partial charge >= 0.3 is 0 Å². The first-order chi connectivity index (χ1) is 10.4. The fraction of sp³-hybridized carbons (Fsp3) is 0.611. The molecule has 0 spiro atoms. The number of carbonyl (C=O) groups is 1. The van der Waals surface area contributed by atoms with Gasteiger partial charge in [0.05, 0.1) is 0 Å². The van der Waals surface area contributed by atoms with Crippen LogP contribution in [0, 0.1) is 5.92 Å². The lowest BCUT2D eigenvalue weighted by Gasteiger charge is -2.30. The Morgan fingerprint density at radius 3 is 2.70 bits per heavy atom. The molecule has 1 saturated heterocycles. The number of benzene rings is 1. The standard InChI is InChI=1S/C18H28N2O2.ClH/c1-13-9-10-19-11-15(13)20-17(21)12-22-16-8-6-5-7-14(16)18(2,3)4;/h5-8,13,15,19H,9-12H2,1-4H3,(H,20,21);1H. The summed E-state index contributed by atoms with van der Waals surface area (Å²) >= 11 is 0. The SMILES string of the molecule is CC1CCNCC1NC(=O)COc1ccccc1C(C)(C)C.Cl. The molecule has 2 rings (SSSR count). The third kappa shape index (κ3) is 5.70. The highest BCUT2D eigenvalue weighted by atomic mass is 35.5. The average molecular weight is 341 g/mol. The Labute approximate surface area is 145 Å². The summed E-state index contributed by atoms with van der Waals surface area (Å²) in [5.74, 6) is 1.25. The molecule has 1 amide bonds. The van der Waals surface area contributed by atoms with E-state index in [0.29, 0.717) is 5.92 Å². The molecule has 4 nitrogen and oxygen atoms in total. The van der Waals surface area contributed by atoms with E-state index >= 15 is 0 Å². The van der Waals surface area contributed by atoms with Crippen molar-refractivity contribution in [1.29, 1.82) is 0 Å². The molecule has 1 aliphatic heterocycles. The van der Waals surface area contributed by atoms with Gasteiger partial charge in [-0.3, -0.25) is 4.79 Å². The van der Waals surface area contributed by atoms with Gasteiger partial charge < -0.3 is 15.4 Å². The fourth-order valence-corrected chi connectivity index (χ4v) is 2.79. The maximum absolute atomic E-state index is 12.1. The Morgan fingerprint density at radius 2 is 2.04 bits per heavy atom. The van der Waals surface area contributed by atoms with Crippen LogP contribution in [0.2, 0.25) is 0 Å². The largest absolute Gasteiger partial charge is 0.483 e. The van der Waals surface area contributed by atoms with E-state index in [-0.39, 0.29) is 36.4 Å². The van der Waals surface area contributed by atoms with E-state index in [1.54, 1.807) is 0 Å². The predicted molar refractivity (Wildman–Crippen MR) is 96.5 cm³/mol. The Kier molecular flexibility index (Phi) is 7.36. The smallest absolute Gasteiger partial charge is 0.258 e. The van der Waals surface area contributed by atoms with Gasteiger partial charge in [0.1, 0.15) is 5.75 Å². The highest BCUT2D eigenvalue weighted by Gasteiger charge is 2.23. The molecule has 0 radical (unpaired) electrons. The van der Waals surface area contributed by atoms with Crippen LogP contribution in [0.5, 0.6) is 5.75 Å². The number of rotatable bonds is 4. The summed E-state index contributed by atoms with van der Waals surface area (Å²) in [6.07, 6.45) is 1.10. The summed E-state index contributed by atoms with van der Waals surface area (Å²) in [5, 5.41) is 6.39. The molecule has 5 heteroatoms. The zero-order valence-corrected chi connectivity index (χ0v) is 15.3. The molecule has 130 valence electrons. The molecule has 0 bridgehead atoms. The second-order valence-corrected chi connectivity index (χ2v) is 7.18. The molecule has 2 atom stereocenters. The van der Waals surface area contributed by atoms with Gasteiger partial charge in [-0.05, 0) is 35.9 Å². The number of nitrogens with one attached hydrogen (secondary N) is 2. The lowest BCUT2D eigenvalue weighted by Crippen LogP contribution is -2.51. The molecule has 1 aromatic rings. The van der Waals surface area contributed by atoms with Crippen LogP contribution in [-0.4, -0.2) is 31.6 Å². The number of amides is 1. The molecule has 1 aromatic carbocycles. The fourth-order valence-electron chi connectivity index (χ4n) is 2.79. The summed E-state index contributed by atoms with van der Waals surface area (Å²) in [5.41, 5.74) is 1.12. The minimum absolute atomic E-state index is 0. The highest BCUT2D eigenvalue weighted by Crippen LogP contribution is 2.30. The summed E-state index contributed by atoms with van der Waals surface area (Å²) in [6, 6.07) is 8.13. The number of halogens is 1. The number of piperidine rings is 1. The molecule has 23 heavy (non-hydrogen) atoms. The van der Waals surface area contributed by atoms with Crippen molar-refractivity contribution in [1.82, 2.24) is 10.6 Å². The first kappa shape index (κ1) is 19.8. The lowest BCUT2D eigenvalue weighted by molar-refractivity contribution is -0.124. The number of hydrogen-bond donors (Lipinski definition) is 2. The second kappa shape index (κ2) is 8.55. The van der Waals surface area contributed by atoms with Crippen LogP contribution in [0.3, 0.4) is 0 Å². The Hall–Kier alpha value is -1.26. The molecule has 1 aliphatic rings. The molecule has 2 unspecified atom stereocenters. The van der Waals surface area contributed by atoms with Gasteiger partial charge in [-0.1, -0.05) is 45.9 Å². The van der Waals surface area contributed by atoms with Gasteiger partial charge in [-0.15, -0.1) is 12.4 Å². The van der Waals surface area contributed by atoms with Crippen molar-refractivity contribution in [2.75, 3.05) is 19.7 Å². The van der Waals surface area contributed by atoms with E-state index in [1.165, 1.54) is 0 Å². The highest BCUT2D eigenvalue weighted by molar-refractivity contribution is 5.85. The number of carbonyl (C=O) groups excluding carboxylic acids is 1. The molecular weight excluding hydrogens is 312 g/mol. The van der Waals surface area contributed by atoms with E-state index in [1.807, 2.05) is 18.2 Å². The Bertz CT molecular complexity index is 514.